The molecule has 1 amide bonds. The first-order valence-electron chi connectivity index (χ1n) is 7.27. The van der Waals surface area contributed by atoms with E-state index in [4.69, 9.17) is 4.74 Å². The van der Waals surface area contributed by atoms with E-state index in [1.807, 2.05) is 11.9 Å². The molecule has 0 saturated carbocycles. The van der Waals surface area contributed by atoms with Crippen molar-refractivity contribution < 1.29 is 9.53 Å². The van der Waals surface area contributed by atoms with Crippen LogP contribution in [0.4, 0.5) is 0 Å². The first kappa shape index (κ1) is 13.8. The maximum absolute atomic E-state index is 12.3. The zero-order valence-corrected chi connectivity index (χ0v) is 11.7. The van der Waals surface area contributed by atoms with E-state index in [0.717, 1.165) is 51.4 Å². The van der Waals surface area contributed by atoms with Crippen molar-refractivity contribution in [1.29, 1.82) is 0 Å². The number of nitrogens with zero attached hydrogens (tertiary/aromatic N) is 1. The number of carbonyl (C=O) groups is 1. The molecule has 0 radical (unpaired) electrons. The Hall–Kier alpha value is -0.610. The average molecular weight is 254 g/mol. The zero-order valence-electron chi connectivity index (χ0n) is 11.7. The van der Waals surface area contributed by atoms with E-state index < -0.39 is 0 Å². The zero-order chi connectivity index (χ0) is 13.0. The summed E-state index contributed by atoms with van der Waals surface area (Å²) in [4.78, 5) is 14.3. The summed E-state index contributed by atoms with van der Waals surface area (Å²) < 4.78 is 5.57. The van der Waals surface area contributed by atoms with Crippen LogP contribution in [-0.2, 0) is 9.53 Å². The van der Waals surface area contributed by atoms with E-state index >= 15 is 0 Å². The second kappa shape index (κ2) is 6.53. The van der Waals surface area contributed by atoms with Gasteiger partial charge in [0.15, 0.2) is 0 Å². The molecule has 104 valence electrons. The lowest BCUT2D eigenvalue weighted by Crippen LogP contribution is -2.45. The Morgan fingerprint density at radius 3 is 2.61 bits per heavy atom. The molecular formula is C14H26N2O2. The van der Waals surface area contributed by atoms with Gasteiger partial charge in [-0.05, 0) is 51.1 Å². The molecule has 1 N–H and O–H groups in total. The maximum atomic E-state index is 12.3. The fraction of sp³-hybridized carbons (Fsp3) is 0.929. The van der Waals surface area contributed by atoms with Crippen molar-refractivity contribution in [2.24, 2.45) is 11.8 Å². The second-order valence-electron chi connectivity index (χ2n) is 5.72. The third-order valence-electron chi connectivity index (χ3n) is 4.36. The van der Waals surface area contributed by atoms with Gasteiger partial charge in [-0.2, -0.15) is 0 Å². The molecule has 2 rings (SSSR count). The lowest BCUT2D eigenvalue weighted by molar-refractivity contribution is -0.143. The third kappa shape index (κ3) is 3.23. The summed E-state index contributed by atoms with van der Waals surface area (Å²) in [5.41, 5.74) is 0. The van der Waals surface area contributed by atoms with Gasteiger partial charge in [0.05, 0.1) is 0 Å². The SMILES string of the molecule is CNCCC1CCN(C(=O)C2OCCC2C)CC1. The lowest BCUT2D eigenvalue weighted by atomic mass is 9.92. The molecule has 2 heterocycles. The minimum absolute atomic E-state index is 0.168. The predicted molar refractivity (Wildman–Crippen MR) is 71.4 cm³/mol. The third-order valence-corrected chi connectivity index (χ3v) is 4.36. The molecule has 0 aromatic heterocycles. The number of nitrogens with one attached hydrogen (secondary N) is 1. The summed E-state index contributed by atoms with van der Waals surface area (Å²) in [6, 6.07) is 0. The Labute approximate surface area is 110 Å². The maximum Gasteiger partial charge on any atom is 0.251 e. The molecule has 0 aromatic carbocycles. The largest absolute Gasteiger partial charge is 0.368 e. The number of ether oxygens (including phenoxy) is 1. The van der Waals surface area contributed by atoms with Crippen LogP contribution >= 0.6 is 0 Å². The Morgan fingerprint density at radius 2 is 2.06 bits per heavy atom. The first-order chi connectivity index (χ1) is 8.72. The highest BCUT2D eigenvalue weighted by Crippen LogP contribution is 2.25. The second-order valence-corrected chi connectivity index (χ2v) is 5.72. The number of rotatable bonds is 4. The van der Waals surface area contributed by atoms with Gasteiger partial charge in [0.1, 0.15) is 6.10 Å². The van der Waals surface area contributed by atoms with E-state index in [1.165, 1.54) is 6.42 Å². The molecule has 4 nitrogen and oxygen atoms in total. The first-order valence-corrected chi connectivity index (χ1v) is 7.27. The molecule has 2 fully saturated rings. The highest BCUT2D eigenvalue weighted by molar-refractivity contribution is 5.81. The van der Waals surface area contributed by atoms with Crippen molar-refractivity contribution in [3.05, 3.63) is 0 Å². The quantitative estimate of drug-likeness (QED) is 0.821. The fourth-order valence-electron chi connectivity index (χ4n) is 2.98. The predicted octanol–water partition coefficient (Wildman–Crippen LogP) is 1.26. The normalized spacial score (nSPS) is 29.8. The topological polar surface area (TPSA) is 41.6 Å². The standard InChI is InChI=1S/C14H26N2O2/c1-11-6-10-18-13(11)14(17)16-8-4-12(5-9-16)3-7-15-2/h11-13,15H,3-10H2,1-2H3. The van der Waals surface area contributed by atoms with Crippen LogP contribution in [-0.4, -0.2) is 50.2 Å². The van der Waals surface area contributed by atoms with Gasteiger partial charge >= 0.3 is 0 Å². The molecule has 0 bridgehead atoms. The molecule has 0 aromatic rings. The molecule has 4 heteroatoms. The summed E-state index contributed by atoms with van der Waals surface area (Å²) in [5, 5.41) is 3.20. The van der Waals surface area contributed by atoms with E-state index in [0.29, 0.717) is 5.92 Å². The molecule has 2 atom stereocenters. The van der Waals surface area contributed by atoms with Crippen LogP contribution in [0, 0.1) is 11.8 Å². The summed E-state index contributed by atoms with van der Waals surface area (Å²) in [6.07, 6.45) is 4.38. The molecule has 0 aliphatic carbocycles. The van der Waals surface area contributed by atoms with Crippen molar-refractivity contribution in [2.75, 3.05) is 33.3 Å². The minimum Gasteiger partial charge on any atom is -0.368 e. The van der Waals surface area contributed by atoms with E-state index in [9.17, 15) is 4.79 Å². The van der Waals surface area contributed by atoms with Gasteiger partial charge in [0.25, 0.3) is 5.91 Å². The summed E-state index contributed by atoms with van der Waals surface area (Å²) in [6.45, 7) is 5.78. The van der Waals surface area contributed by atoms with Gasteiger partial charge in [0.2, 0.25) is 0 Å². The van der Waals surface area contributed by atoms with E-state index in [1.54, 1.807) is 0 Å². The number of amides is 1. The van der Waals surface area contributed by atoms with Crippen molar-refractivity contribution in [3.8, 4) is 0 Å². The number of piperidine rings is 1. The highest BCUT2D eigenvalue weighted by Gasteiger charge is 2.35. The van der Waals surface area contributed by atoms with Gasteiger partial charge < -0.3 is 15.0 Å². The van der Waals surface area contributed by atoms with Gasteiger partial charge in [-0.25, -0.2) is 0 Å². The molecule has 2 unspecified atom stereocenters. The van der Waals surface area contributed by atoms with Gasteiger partial charge in [-0.3, -0.25) is 4.79 Å². The van der Waals surface area contributed by atoms with E-state index in [2.05, 4.69) is 12.2 Å². The molecule has 2 saturated heterocycles. The van der Waals surface area contributed by atoms with Crippen molar-refractivity contribution >= 4 is 5.91 Å². The Kier molecular flexibility index (Phi) is 5.01. The smallest absolute Gasteiger partial charge is 0.251 e. The van der Waals surface area contributed by atoms with Crippen LogP contribution < -0.4 is 5.32 Å². The monoisotopic (exact) mass is 254 g/mol. The van der Waals surface area contributed by atoms with Crippen LogP contribution in [0.15, 0.2) is 0 Å². The fourth-order valence-corrected chi connectivity index (χ4v) is 2.98. The molecule has 18 heavy (non-hydrogen) atoms. The minimum atomic E-state index is -0.168. The Balaban J connectivity index is 1.77. The van der Waals surface area contributed by atoms with Gasteiger partial charge in [-0.15, -0.1) is 0 Å². The number of hydrogen-bond acceptors (Lipinski definition) is 3. The van der Waals surface area contributed by atoms with Crippen LogP contribution in [0.3, 0.4) is 0 Å². The average Bonchev–Trinajstić information content (AvgIpc) is 2.82. The number of likely N-dealkylation sites (tertiary alicyclic amines) is 1. The number of carbonyl (C=O) groups excluding carboxylic acids is 1. The number of hydrogen-bond donors (Lipinski definition) is 1. The lowest BCUT2D eigenvalue weighted by Gasteiger charge is -2.34. The van der Waals surface area contributed by atoms with Crippen LogP contribution in [0.25, 0.3) is 0 Å². The van der Waals surface area contributed by atoms with Crippen LogP contribution in [0.5, 0.6) is 0 Å². The molecule has 2 aliphatic heterocycles. The van der Waals surface area contributed by atoms with Gasteiger partial charge in [0, 0.05) is 19.7 Å². The van der Waals surface area contributed by atoms with Crippen molar-refractivity contribution in [2.45, 2.75) is 38.7 Å². The summed E-state index contributed by atoms with van der Waals surface area (Å²) in [5.74, 6) is 1.40. The van der Waals surface area contributed by atoms with Crippen LogP contribution in [0.1, 0.15) is 32.6 Å². The Bertz CT molecular complexity index is 275. The van der Waals surface area contributed by atoms with Crippen molar-refractivity contribution in [3.63, 3.8) is 0 Å². The Morgan fingerprint density at radius 1 is 1.33 bits per heavy atom. The summed E-state index contributed by atoms with van der Waals surface area (Å²) in [7, 11) is 2.00. The summed E-state index contributed by atoms with van der Waals surface area (Å²) >= 11 is 0. The van der Waals surface area contributed by atoms with Crippen LogP contribution in [0.2, 0.25) is 0 Å². The molecule has 0 spiro atoms. The molecule has 2 aliphatic rings. The van der Waals surface area contributed by atoms with Gasteiger partial charge in [-0.1, -0.05) is 6.92 Å². The molecular weight excluding hydrogens is 228 g/mol. The highest BCUT2D eigenvalue weighted by atomic mass is 16.5. The van der Waals surface area contributed by atoms with Crippen molar-refractivity contribution in [1.82, 2.24) is 10.2 Å². The van der Waals surface area contributed by atoms with E-state index in [-0.39, 0.29) is 12.0 Å².